The van der Waals surface area contributed by atoms with E-state index in [1.54, 1.807) is 24.3 Å². The fourth-order valence-corrected chi connectivity index (χ4v) is 2.53. The average molecular weight is 312 g/mol. The third-order valence-corrected chi connectivity index (χ3v) is 3.72. The van der Waals surface area contributed by atoms with Crippen LogP contribution in [0.3, 0.4) is 0 Å². The average Bonchev–Trinajstić information content (AvgIpc) is 2.42. The van der Waals surface area contributed by atoms with E-state index < -0.39 is 15.8 Å². The van der Waals surface area contributed by atoms with Gasteiger partial charge in [-0.05, 0) is 29.8 Å². The molecule has 0 spiro atoms. The van der Waals surface area contributed by atoms with Crippen molar-refractivity contribution in [1.82, 2.24) is 0 Å². The molecule has 0 aliphatic rings. The van der Waals surface area contributed by atoms with Crippen LogP contribution < -0.4 is 4.72 Å². The number of sulfonamides is 1. The first-order chi connectivity index (χ1) is 9.46. The van der Waals surface area contributed by atoms with Gasteiger partial charge < -0.3 is 0 Å². The molecule has 0 bridgehead atoms. The van der Waals surface area contributed by atoms with Crippen molar-refractivity contribution >= 4 is 33.4 Å². The summed E-state index contributed by atoms with van der Waals surface area (Å²) in [7, 11) is -3.67. The third kappa shape index (κ3) is 4.08. The van der Waals surface area contributed by atoms with Gasteiger partial charge in [0.2, 0.25) is 0 Å². The van der Waals surface area contributed by atoms with Gasteiger partial charge in [-0.3, -0.25) is 4.72 Å². The van der Waals surface area contributed by atoms with Gasteiger partial charge in [-0.25, -0.2) is 12.8 Å². The lowest BCUT2D eigenvalue weighted by atomic mass is 10.2. The summed E-state index contributed by atoms with van der Waals surface area (Å²) in [6.07, 6.45) is 1.47. The monoisotopic (exact) mass is 311 g/mol. The van der Waals surface area contributed by atoms with Crippen molar-refractivity contribution < 1.29 is 12.8 Å². The molecule has 0 saturated heterocycles. The molecule has 0 saturated carbocycles. The fourth-order valence-electron chi connectivity index (χ4n) is 1.49. The topological polar surface area (TPSA) is 46.2 Å². The van der Waals surface area contributed by atoms with Gasteiger partial charge in [-0.15, -0.1) is 0 Å². The number of rotatable bonds is 4. The lowest BCUT2D eigenvalue weighted by Crippen LogP contribution is -2.08. The van der Waals surface area contributed by atoms with E-state index in [0.717, 1.165) is 17.0 Å². The first kappa shape index (κ1) is 14.6. The van der Waals surface area contributed by atoms with Gasteiger partial charge in [-0.1, -0.05) is 41.9 Å². The summed E-state index contributed by atoms with van der Waals surface area (Å²) in [4.78, 5) is 0. The molecule has 0 fully saturated rings. The molecule has 0 aromatic heterocycles. The normalized spacial score (nSPS) is 11.7. The van der Waals surface area contributed by atoms with Crippen molar-refractivity contribution in [2.24, 2.45) is 0 Å². The van der Waals surface area contributed by atoms with E-state index in [9.17, 15) is 12.8 Å². The zero-order chi connectivity index (χ0) is 14.6. The van der Waals surface area contributed by atoms with E-state index in [1.807, 2.05) is 6.07 Å². The molecule has 2 rings (SSSR count). The summed E-state index contributed by atoms with van der Waals surface area (Å²) < 4.78 is 38.9. The molecule has 0 aliphatic heterocycles. The molecule has 20 heavy (non-hydrogen) atoms. The lowest BCUT2D eigenvalue weighted by molar-refractivity contribution is 0.609. The maximum atomic E-state index is 13.0. The standard InChI is InChI=1S/C14H11ClFNO2S/c15-13-10-12(6-7-14(13)16)17-20(18,19)9-8-11-4-2-1-3-5-11/h1-10,17H/b9-8+. The Morgan fingerprint density at radius 1 is 1.10 bits per heavy atom. The van der Waals surface area contributed by atoms with Gasteiger partial charge in [0.1, 0.15) is 5.82 Å². The Bertz CT molecular complexity index is 730. The summed E-state index contributed by atoms with van der Waals surface area (Å²) >= 11 is 5.59. The molecule has 2 aromatic rings. The van der Waals surface area contributed by atoms with Crippen LogP contribution in [0.4, 0.5) is 10.1 Å². The van der Waals surface area contributed by atoms with E-state index >= 15 is 0 Å². The zero-order valence-electron chi connectivity index (χ0n) is 10.3. The van der Waals surface area contributed by atoms with Gasteiger partial charge in [0.15, 0.2) is 0 Å². The molecule has 1 N–H and O–H groups in total. The van der Waals surface area contributed by atoms with Crippen LogP contribution in [0.15, 0.2) is 53.9 Å². The van der Waals surface area contributed by atoms with Gasteiger partial charge in [-0.2, -0.15) is 0 Å². The van der Waals surface area contributed by atoms with E-state index in [4.69, 9.17) is 11.6 Å². The predicted octanol–water partition coefficient (Wildman–Crippen LogP) is 3.89. The van der Waals surface area contributed by atoms with Crippen LogP contribution in [0, 0.1) is 5.82 Å². The molecule has 2 aromatic carbocycles. The van der Waals surface area contributed by atoms with E-state index in [0.29, 0.717) is 0 Å². The molecule has 0 unspecified atom stereocenters. The Labute approximate surface area is 121 Å². The Kier molecular flexibility index (Phi) is 4.42. The van der Waals surface area contributed by atoms with Gasteiger partial charge in [0, 0.05) is 0 Å². The largest absolute Gasteiger partial charge is 0.280 e. The summed E-state index contributed by atoms with van der Waals surface area (Å²) in [5.41, 5.74) is 0.962. The number of halogens is 2. The van der Waals surface area contributed by atoms with Crippen LogP contribution in [0.1, 0.15) is 5.56 Å². The lowest BCUT2D eigenvalue weighted by Gasteiger charge is -2.05. The minimum Gasteiger partial charge on any atom is -0.280 e. The highest BCUT2D eigenvalue weighted by molar-refractivity contribution is 7.95. The summed E-state index contributed by atoms with van der Waals surface area (Å²) in [6.45, 7) is 0. The Hall–Kier alpha value is -1.85. The van der Waals surface area contributed by atoms with Crippen molar-refractivity contribution in [3.05, 3.63) is 70.3 Å². The van der Waals surface area contributed by atoms with Crippen molar-refractivity contribution in [1.29, 1.82) is 0 Å². The third-order valence-electron chi connectivity index (χ3n) is 2.42. The molecular formula is C14H11ClFNO2S. The molecule has 6 heteroatoms. The Morgan fingerprint density at radius 3 is 2.45 bits per heavy atom. The number of nitrogens with one attached hydrogen (secondary N) is 1. The van der Waals surface area contributed by atoms with Crippen molar-refractivity contribution in [2.45, 2.75) is 0 Å². The second-order valence-corrected chi connectivity index (χ2v) is 5.96. The predicted molar refractivity (Wildman–Crippen MR) is 79.4 cm³/mol. The quantitative estimate of drug-likeness (QED) is 0.931. The number of hydrogen-bond donors (Lipinski definition) is 1. The Morgan fingerprint density at radius 2 is 1.80 bits per heavy atom. The zero-order valence-corrected chi connectivity index (χ0v) is 11.8. The highest BCUT2D eigenvalue weighted by Gasteiger charge is 2.07. The molecule has 3 nitrogen and oxygen atoms in total. The van der Waals surface area contributed by atoms with Gasteiger partial charge in [0.05, 0.1) is 16.1 Å². The highest BCUT2D eigenvalue weighted by atomic mass is 35.5. The van der Waals surface area contributed by atoms with E-state index in [2.05, 4.69) is 4.72 Å². The van der Waals surface area contributed by atoms with E-state index in [-0.39, 0.29) is 10.7 Å². The first-order valence-electron chi connectivity index (χ1n) is 5.67. The van der Waals surface area contributed by atoms with E-state index in [1.165, 1.54) is 18.2 Å². The molecule has 0 amide bonds. The minimum atomic E-state index is -3.67. The number of benzene rings is 2. The Balaban J connectivity index is 2.15. The highest BCUT2D eigenvalue weighted by Crippen LogP contribution is 2.20. The van der Waals surface area contributed by atoms with Crippen LogP contribution in [0.5, 0.6) is 0 Å². The molecule has 0 heterocycles. The first-order valence-corrected chi connectivity index (χ1v) is 7.60. The van der Waals surface area contributed by atoms with Crippen LogP contribution >= 0.6 is 11.6 Å². The van der Waals surface area contributed by atoms with Crippen LogP contribution in [0.2, 0.25) is 5.02 Å². The molecular weight excluding hydrogens is 301 g/mol. The van der Waals surface area contributed by atoms with Crippen molar-refractivity contribution in [3.8, 4) is 0 Å². The smallest absolute Gasteiger partial charge is 0.255 e. The summed E-state index contributed by atoms with van der Waals surface area (Å²) in [5.74, 6) is -0.602. The molecule has 0 aliphatic carbocycles. The molecule has 0 atom stereocenters. The molecule has 0 radical (unpaired) electrons. The van der Waals surface area contributed by atoms with Crippen LogP contribution in [-0.4, -0.2) is 8.42 Å². The maximum absolute atomic E-state index is 13.0. The molecule has 104 valence electrons. The number of hydrogen-bond acceptors (Lipinski definition) is 2. The van der Waals surface area contributed by atoms with Crippen LogP contribution in [0.25, 0.3) is 6.08 Å². The van der Waals surface area contributed by atoms with Gasteiger partial charge >= 0.3 is 0 Å². The fraction of sp³-hybridized carbons (Fsp3) is 0. The minimum absolute atomic E-state index is 0.141. The van der Waals surface area contributed by atoms with Crippen LogP contribution in [-0.2, 0) is 10.0 Å². The van der Waals surface area contributed by atoms with Crippen molar-refractivity contribution in [2.75, 3.05) is 4.72 Å². The van der Waals surface area contributed by atoms with Gasteiger partial charge in [0.25, 0.3) is 10.0 Å². The summed E-state index contributed by atoms with van der Waals surface area (Å²) in [5, 5.41) is 0.900. The SMILES string of the molecule is O=S(=O)(/C=C/c1ccccc1)Nc1ccc(F)c(Cl)c1. The maximum Gasteiger partial charge on any atom is 0.255 e. The second-order valence-electron chi connectivity index (χ2n) is 3.99. The van der Waals surface area contributed by atoms with Crippen molar-refractivity contribution in [3.63, 3.8) is 0 Å². The summed E-state index contributed by atoms with van der Waals surface area (Å²) in [6, 6.07) is 12.6. The second kappa shape index (κ2) is 6.07. The number of anilines is 1.